The van der Waals surface area contributed by atoms with E-state index in [1.165, 1.54) is 16.7 Å². The normalized spacial score (nSPS) is 19.8. The highest BCUT2D eigenvalue weighted by molar-refractivity contribution is 6.12. The number of imide groups is 1. The molecule has 1 saturated carbocycles. The quantitative estimate of drug-likeness (QED) is 0.628. The number of amides is 2. The molecule has 1 aromatic rings. The first-order valence-electron chi connectivity index (χ1n) is 7.77. The Morgan fingerprint density at radius 2 is 1.58 bits per heavy atom. The number of nitrogens with zero attached hydrogens (tertiary/aromatic N) is 2. The van der Waals surface area contributed by atoms with Gasteiger partial charge in [0.25, 0.3) is 11.8 Å². The van der Waals surface area contributed by atoms with E-state index in [2.05, 4.69) is 0 Å². The van der Waals surface area contributed by atoms with E-state index in [1.54, 1.807) is 0 Å². The van der Waals surface area contributed by atoms with Crippen molar-refractivity contribution in [3.8, 4) is 11.8 Å². The Kier molecular flexibility index (Phi) is 4.04. The third-order valence-electron chi connectivity index (χ3n) is 4.55. The lowest BCUT2D eigenvalue weighted by atomic mass is 9.81. The second kappa shape index (κ2) is 6.03. The fraction of sp³-hybridized carbons (Fsp3) is 0.438. The molecule has 8 heteroatoms. The van der Waals surface area contributed by atoms with Gasteiger partial charge in [-0.2, -0.15) is 0 Å². The first-order chi connectivity index (χ1) is 11.5. The summed E-state index contributed by atoms with van der Waals surface area (Å²) >= 11 is 0. The molecule has 24 heavy (non-hydrogen) atoms. The number of carbonyl (C=O) groups is 3. The van der Waals surface area contributed by atoms with Crippen molar-refractivity contribution < 1.29 is 29.3 Å². The zero-order valence-electron chi connectivity index (χ0n) is 13.0. The number of hydrogen-bond acceptors (Lipinski definition) is 6. The Hall–Kier alpha value is -2.77. The van der Waals surface area contributed by atoms with Gasteiger partial charge in [0.2, 0.25) is 0 Å². The molecule has 8 nitrogen and oxygen atoms in total. The zero-order chi connectivity index (χ0) is 17.3. The van der Waals surface area contributed by atoms with Gasteiger partial charge in [-0.05, 0) is 12.8 Å². The fourth-order valence-corrected chi connectivity index (χ4v) is 3.33. The van der Waals surface area contributed by atoms with Crippen molar-refractivity contribution in [3.05, 3.63) is 24.3 Å². The molecule has 3 rings (SSSR count). The molecule has 128 valence electrons. The smallest absolute Gasteiger partial charge is 0.334 e. The molecule has 2 aliphatic rings. The van der Waals surface area contributed by atoms with Crippen LogP contribution in [-0.2, 0) is 24.7 Å². The molecule has 0 unspecified atom stereocenters. The maximum atomic E-state index is 12.8. The van der Waals surface area contributed by atoms with Crippen LogP contribution in [0.1, 0.15) is 32.1 Å². The molecule has 0 radical (unpaired) electrons. The molecule has 1 fully saturated rings. The molecule has 0 aromatic carbocycles. The lowest BCUT2D eigenvalue weighted by Crippen LogP contribution is -2.46. The van der Waals surface area contributed by atoms with Crippen molar-refractivity contribution in [3.63, 3.8) is 0 Å². The summed E-state index contributed by atoms with van der Waals surface area (Å²) < 4.78 is 6.37. The Bertz CT molecular complexity index is 677. The van der Waals surface area contributed by atoms with Crippen molar-refractivity contribution in [1.82, 2.24) is 9.47 Å². The van der Waals surface area contributed by atoms with Gasteiger partial charge in [-0.15, -0.1) is 0 Å². The number of aromatic nitrogens is 1. The molecule has 1 aliphatic carbocycles. The average molecular weight is 334 g/mol. The number of ether oxygens (including phenoxy) is 1. The second-order valence-electron chi connectivity index (χ2n) is 5.98. The number of hydrogen-bond donors (Lipinski definition) is 2. The first-order valence-corrected chi connectivity index (χ1v) is 7.77. The van der Waals surface area contributed by atoms with Crippen LogP contribution in [0.3, 0.4) is 0 Å². The summed E-state index contributed by atoms with van der Waals surface area (Å²) in [5.41, 5.74) is -1.24. The second-order valence-corrected chi connectivity index (χ2v) is 5.98. The van der Waals surface area contributed by atoms with Crippen molar-refractivity contribution >= 4 is 17.8 Å². The minimum absolute atomic E-state index is 0.235. The number of rotatable bonds is 4. The van der Waals surface area contributed by atoms with Crippen LogP contribution in [0, 0.1) is 0 Å². The largest absolute Gasteiger partial charge is 0.494 e. The van der Waals surface area contributed by atoms with Crippen LogP contribution in [-0.4, -0.2) is 44.2 Å². The predicted molar refractivity (Wildman–Crippen MR) is 80.8 cm³/mol. The van der Waals surface area contributed by atoms with E-state index in [-0.39, 0.29) is 11.8 Å². The van der Waals surface area contributed by atoms with Crippen molar-refractivity contribution in [2.75, 3.05) is 6.73 Å². The minimum Gasteiger partial charge on any atom is -0.494 e. The number of esters is 1. The summed E-state index contributed by atoms with van der Waals surface area (Å²) in [5.74, 6) is -2.24. The summed E-state index contributed by atoms with van der Waals surface area (Å²) in [6.07, 6.45) is 5.39. The maximum absolute atomic E-state index is 12.8. The molecule has 0 atom stereocenters. The van der Waals surface area contributed by atoms with E-state index in [0.29, 0.717) is 12.8 Å². The van der Waals surface area contributed by atoms with Crippen LogP contribution in [0.15, 0.2) is 24.3 Å². The molecule has 0 bridgehead atoms. The lowest BCUT2D eigenvalue weighted by molar-refractivity contribution is -0.165. The number of carbonyl (C=O) groups excluding carboxylic acids is 3. The Balaban J connectivity index is 1.83. The van der Waals surface area contributed by atoms with Gasteiger partial charge < -0.3 is 14.9 Å². The summed E-state index contributed by atoms with van der Waals surface area (Å²) in [7, 11) is 0. The highest BCUT2D eigenvalue weighted by Gasteiger charge is 2.45. The van der Waals surface area contributed by atoms with Gasteiger partial charge in [-0.25, -0.2) is 9.69 Å². The van der Waals surface area contributed by atoms with Gasteiger partial charge in [-0.1, -0.05) is 19.3 Å². The third kappa shape index (κ3) is 2.53. The summed E-state index contributed by atoms with van der Waals surface area (Å²) in [4.78, 5) is 36.6. The van der Waals surface area contributed by atoms with Gasteiger partial charge in [-0.3, -0.25) is 14.2 Å². The van der Waals surface area contributed by atoms with Crippen LogP contribution >= 0.6 is 0 Å². The van der Waals surface area contributed by atoms with E-state index in [9.17, 15) is 24.6 Å². The Morgan fingerprint density at radius 1 is 1.04 bits per heavy atom. The Morgan fingerprint density at radius 3 is 2.12 bits per heavy atom. The molecule has 0 saturated heterocycles. The molecular formula is C16H18N2O6. The van der Waals surface area contributed by atoms with Crippen molar-refractivity contribution in [1.29, 1.82) is 0 Å². The lowest BCUT2D eigenvalue weighted by Gasteiger charge is -2.37. The zero-order valence-corrected chi connectivity index (χ0v) is 13.0. The summed E-state index contributed by atoms with van der Waals surface area (Å²) in [5, 5.41) is 20.1. The maximum Gasteiger partial charge on any atom is 0.334 e. The minimum atomic E-state index is -1.24. The van der Waals surface area contributed by atoms with Crippen LogP contribution < -0.4 is 0 Å². The average Bonchev–Trinajstić information content (AvgIpc) is 3.08. The highest BCUT2D eigenvalue weighted by Crippen LogP contribution is 2.42. The van der Waals surface area contributed by atoms with Crippen LogP contribution in [0.4, 0.5) is 0 Å². The van der Waals surface area contributed by atoms with Crippen LogP contribution in [0.25, 0.3) is 0 Å². The fourth-order valence-electron chi connectivity index (χ4n) is 3.33. The van der Waals surface area contributed by atoms with E-state index < -0.39 is 30.1 Å². The van der Waals surface area contributed by atoms with Crippen molar-refractivity contribution in [2.24, 2.45) is 0 Å². The molecule has 0 spiro atoms. The molecule has 1 aromatic heterocycles. The van der Waals surface area contributed by atoms with Crippen LogP contribution in [0.5, 0.6) is 11.8 Å². The van der Waals surface area contributed by atoms with Crippen LogP contribution in [0.2, 0.25) is 0 Å². The van der Waals surface area contributed by atoms with E-state index in [1.807, 2.05) is 0 Å². The monoisotopic (exact) mass is 334 g/mol. The Labute approximate surface area is 137 Å². The molecule has 2 heterocycles. The SMILES string of the molecule is O=C1C=CC(=O)N1COC(=O)C1(n2c(O)ccc2O)CCCCC1. The van der Waals surface area contributed by atoms with Gasteiger partial charge in [0.1, 0.15) is 5.54 Å². The third-order valence-corrected chi connectivity index (χ3v) is 4.55. The predicted octanol–water partition coefficient (Wildman–Crippen LogP) is 0.984. The highest BCUT2D eigenvalue weighted by atomic mass is 16.5. The molecular weight excluding hydrogens is 316 g/mol. The summed E-state index contributed by atoms with van der Waals surface area (Å²) in [6.45, 7) is -0.492. The molecule has 2 amide bonds. The van der Waals surface area contributed by atoms with Gasteiger partial charge >= 0.3 is 5.97 Å². The topological polar surface area (TPSA) is 109 Å². The van der Waals surface area contributed by atoms with E-state index in [4.69, 9.17) is 4.74 Å². The van der Waals surface area contributed by atoms with Gasteiger partial charge in [0, 0.05) is 24.3 Å². The van der Waals surface area contributed by atoms with Crippen molar-refractivity contribution in [2.45, 2.75) is 37.6 Å². The summed E-state index contributed by atoms with van der Waals surface area (Å²) in [6, 6.07) is 2.60. The van der Waals surface area contributed by atoms with E-state index >= 15 is 0 Å². The molecule has 1 aliphatic heterocycles. The first kappa shape index (κ1) is 16.1. The van der Waals surface area contributed by atoms with Gasteiger partial charge in [0.15, 0.2) is 18.5 Å². The van der Waals surface area contributed by atoms with Gasteiger partial charge in [0.05, 0.1) is 0 Å². The number of aromatic hydroxyl groups is 2. The standard InChI is InChI=1S/C16H18N2O6/c19-11-4-5-12(20)17(11)10-24-15(23)16(8-2-1-3-9-16)18-13(21)6-7-14(18)22/h4-7,21-22H,1-3,8-10H2. The van der Waals surface area contributed by atoms with E-state index in [0.717, 1.165) is 36.3 Å². The molecule has 2 N–H and O–H groups in total.